The zero-order valence-corrected chi connectivity index (χ0v) is 16.5. The van der Waals surface area contributed by atoms with Crippen LogP contribution in [0, 0.1) is 0 Å². The van der Waals surface area contributed by atoms with E-state index in [2.05, 4.69) is 11.9 Å². The fourth-order valence-electron chi connectivity index (χ4n) is 2.88. The Hall–Kier alpha value is -3.73. The Morgan fingerprint density at radius 1 is 1.03 bits per heavy atom. The molecule has 148 valence electrons. The maximum absolute atomic E-state index is 12.2. The highest BCUT2D eigenvalue weighted by molar-refractivity contribution is 5.94. The molecule has 1 aromatic heterocycles. The largest absolute Gasteiger partial charge is 0.496 e. The molecule has 0 unspecified atom stereocenters. The van der Waals surface area contributed by atoms with E-state index in [1.54, 1.807) is 44.8 Å². The van der Waals surface area contributed by atoms with Crippen molar-refractivity contribution in [3.8, 4) is 11.5 Å². The highest BCUT2D eigenvalue weighted by atomic mass is 16.5. The van der Waals surface area contributed by atoms with E-state index in [4.69, 9.17) is 13.9 Å². The Kier molecular flexibility index (Phi) is 6.53. The molecule has 5 heteroatoms. The quantitative estimate of drug-likeness (QED) is 0.548. The van der Waals surface area contributed by atoms with Gasteiger partial charge in [0.1, 0.15) is 17.3 Å². The van der Waals surface area contributed by atoms with E-state index in [0.717, 1.165) is 16.7 Å². The number of carbonyl (C=O) groups is 1. The molecule has 0 spiro atoms. The first-order chi connectivity index (χ1) is 14.1. The molecule has 0 radical (unpaired) electrons. The van der Waals surface area contributed by atoms with Crippen LogP contribution in [0.1, 0.15) is 32.8 Å². The highest BCUT2D eigenvalue weighted by Crippen LogP contribution is 2.32. The molecule has 29 heavy (non-hydrogen) atoms. The lowest BCUT2D eigenvalue weighted by Gasteiger charge is -2.11. The van der Waals surface area contributed by atoms with E-state index in [0.29, 0.717) is 29.4 Å². The van der Waals surface area contributed by atoms with Crippen LogP contribution in [-0.2, 0) is 6.54 Å². The van der Waals surface area contributed by atoms with E-state index in [1.807, 2.05) is 42.5 Å². The van der Waals surface area contributed by atoms with Crippen molar-refractivity contribution in [1.29, 1.82) is 0 Å². The number of carbonyl (C=O) groups excluding carboxylic acids is 1. The summed E-state index contributed by atoms with van der Waals surface area (Å²) in [6, 6.07) is 14.8. The van der Waals surface area contributed by atoms with Crippen LogP contribution in [0.25, 0.3) is 18.2 Å². The highest BCUT2D eigenvalue weighted by Gasteiger charge is 2.09. The average molecular weight is 389 g/mol. The van der Waals surface area contributed by atoms with Crippen molar-refractivity contribution in [3.63, 3.8) is 0 Å². The maximum atomic E-state index is 12.2. The second kappa shape index (κ2) is 9.46. The predicted molar refractivity (Wildman–Crippen MR) is 115 cm³/mol. The van der Waals surface area contributed by atoms with Crippen molar-refractivity contribution < 1.29 is 18.7 Å². The second-order valence-electron chi connectivity index (χ2n) is 6.26. The molecule has 0 saturated heterocycles. The van der Waals surface area contributed by atoms with Crippen LogP contribution in [0.5, 0.6) is 11.5 Å². The van der Waals surface area contributed by atoms with Crippen LogP contribution in [0.2, 0.25) is 0 Å². The number of ether oxygens (including phenoxy) is 2. The van der Waals surface area contributed by atoms with Gasteiger partial charge in [-0.15, -0.1) is 0 Å². The minimum atomic E-state index is -0.147. The molecule has 0 saturated carbocycles. The molecule has 0 aliphatic carbocycles. The Balaban J connectivity index is 1.70. The number of rotatable bonds is 8. The summed E-state index contributed by atoms with van der Waals surface area (Å²) in [7, 11) is 3.23. The first-order valence-electron chi connectivity index (χ1n) is 9.11. The van der Waals surface area contributed by atoms with Gasteiger partial charge in [-0.25, -0.2) is 0 Å². The van der Waals surface area contributed by atoms with E-state index < -0.39 is 0 Å². The van der Waals surface area contributed by atoms with Crippen molar-refractivity contribution in [2.24, 2.45) is 0 Å². The molecule has 1 amide bonds. The lowest BCUT2D eigenvalue weighted by atomic mass is 10.1. The molecule has 0 aliphatic rings. The summed E-state index contributed by atoms with van der Waals surface area (Å²) in [4.78, 5) is 12.2. The van der Waals surface area contributed by atoms with Crippen molar-refractivity contribution in [2.75, 3.05) is 14.2 Å². The number of nitrogens with one attached hydrogen (secondary N) is 1. The van der Waals surface area contributed by atoms with Crippen LogP contribution in [0.4, 0.5) is 0 Å². The molecule has 0 aliphatic heterocycles. The van der Waals surface area contributed by atoms with Gasteiger partial charge >= 0.3 is 0 Å². The average Bonchev–Trinajstić information content (AvgIpc) is 3.29. The predicted octanol–water partition coefficient (Wildman–Crippen LogP) is 5.04. The zero-order chi connectivity index (χ0) is 20.6. The van der Waals surface area contributed by atoms with Gasteiger partial charge in [-0.2, -0.15) is 0 Å². The van der Waals surface area contributed by atoms with Crippen LogP contribution >= 0.6 is 0 Å². The lowest BCUT2D eigenvalue weighted by Crippen LogP contribution is -2.22. The third kappa shape index (κ3) is 4.96. The SMILES string of the molecule is C=Cc1c(OC)cc(/C=C/c2ccc(C(=O)NCc3ccco3)cc2)cc1OC. The van der Waals surface area contributed by atoms with Gasteiger partial charge in [0.05, 0.1) is 32.6 Å². The molecule has 1 N–H and O–H groups in total. The van der Waals surface area contributed by atoms with Crippen LogP contribution in [-0.4, -0.2) is 20.1 Å². The summed E-state index contributed by atoms with van der Waals surface area (Å²) in [6.45, 7) is 4.16. The molecule has 1 heterocycles. The molecule has 0 atom stereocenters. The third-order valence-corrected chi connectivity index (χ3v) is 4.41. The minimum absolute atomic E-state index is 0.147. The topological polar surface area (TPSA) is 60.7 Å². The van der Waals surface area contributed by atoms with Crippen LogP contribution in [0.3, 0.4) is 0 Å². The number of hydrogen-bond donors (Lipinski definition) is 1. The maximum Gasteiger partial charge on any atom is 0.251 e. The molecular formula is C24H23NO4. The lowest BCUT2D eigenvalue weighted by molar-refractivity contribution is 0.0948. The van der Waals surface area contributed by atoms with Gasteiger partial charge in [-0.3, -0.25) is 4.79 Å². The van der Waals surface area contributed by atoms with Crippen molar-refractivity contribution >= 4 is 24.1 Å². The fraction of sp³-hybridized carbons (Fsp3) is 0.125. The van der Waals surface area contributed by atoms with Crippen LogP contribution in [0.15, 0.2) is 65.8 Å². The molecule has 3 rings (SSSR count). The summed E-state index contributed by atoms with van der Waals surface area (Å²) in [6.07, 6.45) is 7.22. The summed E-state index contributed by atoms with van der Waals surface area (Å²) in [5.74, 6) is 1.96. The van der Waals surface area contributed by atoms with Gasteiger partial charge in [-0.05, 0) is 47.5 Å². The Bertz CT molecular complexity index is 977. The number of methoxy groups -OCH3 is 2. The van der Waals surface area contributed by atoms with E-state index in [1.165, 1.54) is 0 Å². The monoisotopic (exact) mass is 389 g/mol. The molecule has 2 aromatic carbocycles. The molecule has 0 fully saturated rings. The standard InChI is InChI=1S/C24H23NO4/c1-4-21-22(27-2)14-18(15-23(21)28-3)8-7-17-9-11-19(12-10-17)24(26)25-16-20-6-5-13-29-20/h4-15H,1,16H2,2-3H3,(H,25,26)/b8-7+. The van der Waals surface area contributed by atoms with Crippen molar-refractivity contribution in [3.05, 3.63) is 89.4 Å². The summed E-state index contributed by atoms with van der Waals surface area (Å²) in [5, 5.41) is 2.83. The normalized spacial score (nSPS) is 10.7. The number of furan rings is 1. The number of hydrogen-bond acceptors (Lipinski definition) is 4. The van der Waals surface area contributed by atoms with Gasteiger partial charge in [0.15, 0.2) is 0 Å². The van der Waals surface area contributed by atoms with Crippen molar-refractivity contribution in [2.45, 2.75) is 6.54 Å². The van der Waals surface area contributed by atoms with E-state index in [-0.39, 0.29) is 5.91 Å². The van der Waals surface area contributed by atoms with Gasteiger partial charge in [0.25, 0.3) is 5.91 Å². The van der Waals surface area contributed by atoms with E-state index >= 15 is 0 Å². The smallest absolute Gasteiger partial charge is 0.251 e. The molecule has 3 aromatic rings. The van der Waals surface area contributed by atoms with Gasteiger partial charge in [-0.1, -0.05) is 36.9 Å². The Morgan fingerprint density at radius 2 is 1.69 bits per heavy atom. The summed E-state index contributed by atoms with van der Waals surface area (Å²) < 4.78 is 16.1. The molecule has 0 bridgehead atoms. The first-order valence-corrected chi connectivity index (χ1v) is 9.11. The number of benzene rings is 2. The number of amides is 1. The Morgan fingerprint density at radius 3 is 2.24 bits per heavy atom. The van der Waals surface area contributed by atoms with Gasteiger partial charge in [0, 0.05) is 5.56 Å². The first kappa shape index (κ1) is 20.0. The zero-order valence-electron chi connectivity index (χ0n) is 16.5. The van der Waals surface area contributed by atoms with Crippen LogP contribution < -0.4 is 14.8 Å². The third-order valence-electron chi connectivity index (χ3n) is 4.41. The summed E-state index contributed by atoms with van der Waals surface area (Å²) in [5.41, 5.74) is 3.31. The molecule has 5 nitrogen and oxygen atoms in total. The molecular weight excluding hydrogens is 366 g/mol. The van der Waals surface area contributed by atoms with Gasteiger partial charge in [0.2, 0.25) is 0 Å². The van der Waals surface area contributed by atoms with E-state index in [9.17, 15) is 4.79 Å². The second-order valence-corrected chi connectivity index (χ2v) is 6.26. The minimum Gasteiger partial charge on any atom is -0.496 e. The Labute approximate surface area is 170 Å². The fourth-order valence-corrected chi connectivity index (χ4v) is 2.88. The van der Waals surface area contributed by atoms with Crippen molar-refractivity contribution in [1.82, 2.24) is 5.32 Å². The summed E-state index contributed by atoms with van der Waals surface area (Å²) >= 11 is 0. The van der Waals surface area contributed by atoms with Gasteiger partial charge < -0.3 is 19.2 Å².